The largest absolute Gasteiger partial charge is 0.311 e. The maximum atomic E-state index is 4.40. The SMILES string of the molecule is CNC(Cc1c(Br)c(C)nn1C)c1cscn1. The van der Waals surface area contributed by atoms with Crippen molar-refractivity contribution < 1.29 is 0 Å². The quantitative estimate of drug-likeness (QED) is 0.942. The Hall–Kier alpha value is -0.720. The van der Waals surface area contributed by atoms with Crippen LogP contribution in [0.5, 0.6) is 0 Å². The van der Waals surface area contributed by atoms with Crippen LogP contribution in [0.2, 0.25) is 0 Å². The topological polar surface area (TPSA) is 42.7 Å². The van der Waals surface area contributed by atoms with Crippen molar-refractivity contribution in [2.24, 2.45) is 7.05 Å². The van der Waals surface area contributed by atoms with Crippen molar-refractivity contribution in [1.82, 2.24) is 20.1 Å². The zero-order valence-electron chi connectivity index (χ0n) is 10.1. The second kappa shape index (κ2) is 5.29. The number of nitrogens with zero attached hydrogens (tertiary/aromatic N) is 3. The fourth-order valence-corrected chi connectivity index (χ4v) is 2.95. The molecule has 4 nitrogen and oxygen atoms in total. The van der Waals surface area contributed by atoms with Crippen LogP contribution in [0.25, 0.3) is 0 Å². The number of aromatic nitrogens is 3. The van der Waals surface area contributed by atoms with Gasteiger partial charge in [-0.2, -0.15) is 5.10 Å². The second-order valence-electron chi connectivity index (χ2n) is 3.93. The molecule has 2 heterocycles. The Bertz CT molecular complexity index is 492. The molecule has 2 rings (SSSR count). The maximum absolute atomic E-state index is 4.40. The average molecular weight is 315 g/mol. The summed E-state index contributed by atoms with van der Waals surface area (Å²) in [5, 5.41) is 9.78. The summed E-state index contributed by atoms with van der Waals surface area (Å²) in [5.74, 6) is 0. The van der Waals surface area contributed by atoms with E-state index in [1.807, 2.05) is 31.2 Å². The number of hydrogen-bond acceptors (Lipinski definition) is 4. The summed E-state index contributed by atoms with van der Waals surface area (Å²) in [7, 11) is 3.93. The van der Waals surface area contributed by atoms with E-state index in [2.05, 4.69) is 36.7 Å². The van der Waals surface area contributed by atoms with Gasteiger partial charge in [-0.1, -0.05) is 0 Å². The minimum absolute atomic E-state index is 0.229. The Kier molecular flexibility index (Phi) is 3.96. The normalized spacial score (nSPS) is 12.9. The lowest BCUT2D eigenvalue weighted by atomic mass is 10.1. The van der Waals surface area contributed by atoms with Crippen molar-refractivity contribution >= 4 is 27.3 Å². The van der Waals surface area contributed by atoms with Crippen LogP contribution >= 0.6 is 27.3 Å². The summed E-state index contributed by atoms with van der Waals surface area (Å²) < 4.78 is 3.02. The van der Waals surface area contributed by atoms with Gasteiger partial charge < -0.3 is 5.32 Å². The highest BCUT2D eigenvalue weighted by Gasteiger charge is 2.18. The van der Waals surface area contributed by atoms with Crippen LogP contribution in [-0.2, 0) is 13.5 Å². The lowest BCUT2D eigenvalue weighted by molar-refractivity contribution is 0.550. The fraction of sp³-hybridized carbons (Fsp3) is 0.455. The molecule has 0 spiro atoms. The summed E-state index contributed by atoms with van der Waals surface area (Å²) in [5.41, 5.74) is 5.16. The summed E-state index contributed by atoms with van der Waals surface area (Å²) in [4.78, 5) is 4.36. The van der Waals surface area contributed by atoms with E-state index in [9.17, 15) is 0 Å². The minimum atomic E-state index is 0.229. The van der Waals surface area contributed by atoms with E-state index in [1.54, 1.807) is 11.3 Å². The van der Waals surface area contributed by atoms with Crippen molar-refractivity contribution in [3.63, 3.8) is 0 Å². The minimum Gasteiger partial charge on any atom is -0.311 e. The number of nitrogens with one attached hydrogen (secondary N) is 1. The van der Waals surface area contributed by atoms with E-state index in [0.29, 0.717) is 0 Å². The van der Waals surface area contributed by atoms with Gasteiger partial charge in [-0.3, -0.25) is 4.68 Å². The van der Waals surface area contributed by atoms with E-state index in [0.717, 1.165) is 22.3 Å². The van der Waals surface area contributed by atoms with Crippen LogP contribution < -0.4 is 5.32 Å². The standard InChI is InChI=1S/C11H15BrN4S/c1-7-11(12)10(16(3)15-7)4-8(13-2)9-5-17-6-14-9/h5-6,8,13H,4H2,1-3H3. The van der Waals surface area contributed by atoms with E-state index in [4.69, 9.17) is 0 Å². The van der Waals surface area contributed by atoms with Crippen molar-refractivity contribution in [3.05, 3.63) is 32.4 Å². The molecule has 0 saturated carbocycles. The monoisotopic (exact) mass is 314 g/mol. The predicted molar refractivity (Wildman–Crippen MR) is 73.3 cm³/mol. The molecule has 2 aromatic rings. The molecule has 0 aliphatic carbocycles. The van der Waals surface area contributed by atoms with E-state index in [1.165, 1.54) is 5.69 Å². The molecule has 0 fully saturated rings. The Morgan fingerprint density at radius 1 is 1.59 bits per heavy atom. The lowest BCUT2D eigenvalue weighted by Gasteiger charge is -2.14. The molecule has 1 atom stereocenters. The smallest absolute Gasteiger partial charge is 0.0795 e. The van der Waals surface area contributed by atoms with Crippen molar-refractivity contribution in [2.75, 3.05) is 7.05 Å². The highest BCUT2D eigenvalue weighted by atomic mass is 79.9. The van der Waals surface area contributed by atoms with Crippen LogP contribution in [0, 0.1) is 6.92 Å². The van der Waals surface area contributed by atoms with Gasteiger partial charge >= 0.3 is 0 Å². The molecular weight excluding hydrogens is 300 g/mol. The molecule has 0 radical (unpaired) electrons. The third-order valence-corrected chi connectivity index (χ3v) is 4.45. The molecule has 2 aromatic heterocycles. The van der Waals surface area contributed by atoms with Gasteiger partial charge in [0.15, 0.2) is 0 Å². The first-order valence-corrected chi connectivity index (χ1v) is 7.10. The summed E-state index contributed by atoms with van der Waals surface area (Å²) >= 11 is 5.22. The van der Waals surface area contributed by atoms with Crippen LogP contribution in [-0.4, -0.2) is 21.8 Å². The number of rotatable bonds is 4. The third-order valence-electron chi connectivity index (χ3n) is 2.82. The van der Waals surface area contributed by atoms with Gasteiger partial charge in [0.05, 0.1) is 33.1 Å². The Morgan fingerprint density at radius 3 is 2.82 bits per heavy atom. The average Bonchev–Trinajstić information content (AvgIpc) is 2.89. The molecule has 0 aliphatic rings. The highest BCUT2D eigenvalue weighted by Crippen LogP contribution is 2.25. The number of thiazole rings is 1. The van der Waals surface area contributed by atoms with Gasteiger partial charge in [-0.05, 0) is 29.9 Å². The molecule has 6 heteroatoms. The van der Waals surface area contributed by atoms with Gasteiger partial charge in [0, 0.05) is 18.8 Å². The molecule has 0 amide bonds. The zero-order chi connectivity index (χ0) is 12.4. The second-order valence-corrected chi connectivity index (χ2v) is 5.44. The van der Waals surface area contributed by atoms with Crippen LogP contribution in [0.3, 0.4) is 0 Å². The number of aryl methyl sites for hydroxylation is 2. The van der Waals surface area contributed by atoms with Crippen LogP contribution in [0.1, 0.15) is 23.1 Å². The zero-order valence-corrected chi connectivity index (χ0v) is 12.5. The molecule has 92 valence electrons. The predicted octanol–water partition coefficient (Wildman–Crippen LogP) is 2.45. The van der Waals surface area contributed by atoms with Crippen molar-refractivity contribution in [1.29, 1.82) is 0 Å². The number of hydrogen-bond donors (Lipinski definition) is 1. The summed E-state index contributed by atoms with van der Waals surface area (Å²) in [6.45, 7) is 2.00. The lowest BCUT2D eigenvalue weighted by Crippen LogP contribution is -2.20. The molecule has 0 saturated heterocycles. The van der Waals surface area contributed by atoms with E-state index >= 15 is 0 Å². The van der Waals surface area contributed by atoms with Gasteiger partial charge in [-0.15, -0.1) is 11.3 Å². The van der Waals surface area contributed by atoms with Gasteiger partial charge in [0.2, 0.25) is 0 Å². The van der Waals surface area contributed by atoms with Crippen molar-refractivity contribution in [3.8, 4) is 0 Å². The molecule has 1 unspecified atom stereocenters. The van der Waals surface area contributed by atoms with Gasteiger partial charge in [0.25, 0.3) is 0 Å². The van der Waals surface area contributed by atoms with Gasteiger partial charge in [0.1, 0.15) is 0 Å². The number of halogens is 1. The molecule has 1 N–H and O–H groups in total. The first-order valence-electron chi connectivity index (χ1n) is 5.36. The Balaban J connectivity index is 2.24. The van der Waals surface area contributed by atoms with Crippen molar-refractivity contribution in [2.45, 2.75) is 19.4 Å². The first-order chi connectivity index (χ1) is 8.13. The molecule has 0 aromatic carbocycles. The molecular formula is C11H15BrN4S. The first kappa shape index (κ1) is 12.7. The molecule has 0 bridgehead atoms. The molecule has 17 heavy (non-hydrogen) atoms. The Morgan fingerprint density at radius 2 is 2.35 bits per heavy atom. The highest BCUT2D eigenvalue weighted by molar-refractivity contribution is 9.10. The van der Waals surface area contributed by atoms with Gasteiger partial charge in [-0.25, -0.2) is 4.98 Å². The number of likely N-dealkylation sites (N-methyl/N-ethyl adjacent to an activating group) is 1. The maximum Gasteiger partial charge on any atom is 0.0795 e. The fourth-order valence-electron chi connectivity index (χ4n) is 1.84. The van der Waals surface area contributed by atoms with Crippen LogP contribution in [0.15, 0.2) is 15.4 Å². The molecule has 0 aliphatic heterocycles. The van der Waals surface area contributed by atoms with E-state index in [-0.39, 0.29) is 6.04 Å². The summed E-state index contributed by atoms with van der Waals surface area (Å²) in [6.07, 6.45) is 0.873. The summed E-state index contributed by atoms with van der Waals surface area (Å²) in [6, 6.07) is 0.229. The van der Waals surface area contributed by atoms with Crippen LogP contribution in [0.4, 0.5) is 0 Å². The van der Waals surface area contributed by atoms with E-state index < -0.39 is 0 Å². The Labute approximate surface area is 113 Å². The third kappa shape index (κ3) is 2.59.